The number of thioether (sulfide) groups is 1. The van der Waals surface area contributed by atoms with Gasteiger partial charge in [-0.05, 0) is 72.3 Å². The monoisotopic (exact) mass is 508 g/mol. The largest absolute Gasteiger partial charge is 0.325 e. The standard InChI is InChI=1S/C27H19ClF2N2O2S/c28-23-16-21(12-15-24(23)30)32-27(34)25(17-4-2-1-3-5-17)35-22-13-10-20(11-14-22)31-26(33)18-6-8-19(29)9-7-18/h1-16,25H,(H,31,33)(H,32,34). The summed E-state index contributed by atoms with van der Waals surface area (Å²) >= 11 is 7.17. The number of benzene rings is 4. The van der Waals surface area contributed by atoms with E-state index in [1.807, 2.05) is 30.3 Å². The second kappa shape index (κ2) is 11.2. The van der Waals surface area contributed by atoms with E-state index in [1.54, 1.807) is 24.3 Å². The number of carbonyl (C=O) groups is 2. The van der Waals surface area contributed by atoms with E-state index < -0.39 is 16.9 Å². The number of nitrogens with one attached hydrogen (secondary N) is 2. The zero-order valence-corrected chi connectivity index (χ0v) is 19.7. The summed E-state index contributed by atoms with van der Waals surface area (Å²) < 4.78 is 26.6. The van der Waals surface area contributed by atoms with Gasteiger partial charge in [-0.15, -0.1) is 11.8 Å². The van der Waals surface area contributed by atoms with Crippen LogP contribution in [0.2, 0.25) is 5.02 Å². The number of carbonyl (C=O) groups excluding carboxylic acids is 2. The zero-order valence-electron chi connectivity index (χ0n) is 18.2. The van der Waals surface area contributed by atoms with Gasteiger partial charge in [-0.3, -0.25) is 9.59 Å². The molecule has 2 N–H and O–H groups in total. The van der Waals surface area contributed by atoms with Gasteiger partial charge >= 0.3 is 0 Å². The van der Waals surface area contributed by atoms with Crippen LogP contribution in [-0.4, -0.2) is 11.8 Å². The fourth-order valence-electron chi connectivity index (χ4n) is 3.24. The Morgan fingerprint density at radius 3 is 2.09 bits per heavy atom. The first-order valence-electron chi connectivity index (χ1n) is 10.5. The van der Waals surface area contributed by atoms with E-state index in [0.29, 0.717) is 16.9 Å². The van der Waals surface area contributed by atoms with Gasteiger partial charge in [-0.1, -0.05) is 41.9 Å². The number of amides is 2. The Morgan fingerprint density at radius 2 is 1.43 bits per heavy atom. The summed E-state index contributed by atoms with van der Waals surface area (Å²) in [5.74, 6) is -1.63. The van der Waals surface area contributed by atoms with Gasteiger partial charge in [-0.25, -0.2) is 8.78 Å². The van der Waals surface area contributed by atoms with Gasteiger partial charge in [0.1, 0.15) is 16.9 Å². The van der Waals surface area contributed by atoms with Crippen LogP contribution >= 0.6 is 23.4 Å². The van der Waals surface area contributed by atoms with Crippen molar-refractivity contribution < 1.29 is 18.4 Å². The van der Waals surface area contributed by atoms with Crippen LogP contribution in [0.15, 0.2) is 102 Å². The Bertz CT molecular complexity index is 1330. The molecule has 0 saturated heterocycles. The number of halogens is 3. The molecule has 4 rings (SSSR count). The molecule has 1 atom stereocenters. The maximum atomic E-state index is 13.5. The predicted octanol–water partition coefficient (Wildman–Crippen LogP) is 7.34. The summed E-state index contributed by atoms with van der Waals surface area (Å²) in [7, 11) is 0. The van der Waals surface area contributed by atoms with E-state index in [-0.39, 0.29) is 16.8 Å². The van der Waals surface area contributed by atoms with Crippen molar-refractivity contribution in [3.8, 4) is 0 Å². The molecule has 0 heterocycles. The molecule has 4 aromatic carbocycles. The van der Waals surface area contributed by atoms with Gasteiger partial charge in [0.15, 0.2) is 0 Å². The molecule has 4 nitrogen and oxygen atoms in total. The fourth-order valence-corrected chi connectivity index (χ4v) is 4.45. The van der Waals surface area contributed by atoms with E-state index in [4.69, 9.17) is 11.6 Å². The van der Waals surface area contributed by atoms with Crippen LogP contribution in [0.3, 0.4) is 0 Å². The number of hydrogen-bond donors (Lipinski definition) is 2. The summed E-state index contributed by atoms with van der Waals surface area (Å²) in [6.07, 6.45) is 0. The maximum Gasteiger partial charge on any atom is 0.255 e. The van der Waals surface area contributed by atoms with E-state index in [1.165, 1.54) is 54.2 Å². The second-order valence-corrected chi connectivity index (χ2v) is 9.10. The molecule has 176 valence electrons. The summed E-state index contributed by atoms with van der Waals surface area (Å²) in [6.45, 7) is 0. The van der Waals surface area contributed by atoms with E-state index in [2.05, 4.69) is 10.6 Å². The number of hydrogen-bond acceptors (Lipinski definition) is 3. The molecule has 35 heavy (non-hydrogen) atoms. The third kappa shape index (κ3) is 6.47. The van der Waals surface area contributed by atoms with Crippen LogP contribution in [-0.2, 0) is 4.79 Å². The Morgan fingerprint density at radius 1 is 0.771 bits per heavy atom. The Kier molecular flexibility index (Phi) is 7.80. The van der Waals surface area contributed by atoms with Crippen molar-refractivity contribution in [3.63, 3.8) is 0 Å². The molecule has 0 saturated carbocycles. The van der Waals surface area contributed by atoms with Crippen molar-refractivity contribution in [1.29, 1.82) is 0 Å². The molecule has 0 bridgehead atoms. The third-order valence-electron chi connectivity index (χ3n) is 5.00. The van der Waals surface area contributed by atoms with Crippen LogP contribution in [0.5, 0.6) is 0 Å². The molecule has 0 aromatic heterocycles. The van der Waals surface area contributed by atoms with Crippen LogP contribution in [0.1, 0.15) is 21.2 Å². The SMILES string of the molecule is O=C(Nc1ccc(SC(C(=O)Nc2ccc(F)c(Cl)c2)c2ccccc2)cc1)c1ccc(F)cc1. The highest BCUT2D eigenvalue weighted by atomic mass is 35.5. The van der Waals surface area contributed by atoms with Crippen LogP contribution in [0, 0.1) is 11.6 Å². The summed E-state index contributed by atoms with van der Waals surface area (Å²) in [4.78, 5) is 26.3. The van der Waals surface area contributed by atoms with Crippen molar-refractivity contribution in [2.24, 2.45) is 0 Å². The highest BCUT2D eigenvalue weighted by Gasteiger charge is 2.22. The average Bonchev–Trinajstić information content (AvgIpc) is 2.86. The van der Waals surface area contributed by atoms with Crippen molar-refractivity contribution in [2.45, 2.75) is 10.1 Å². The molecule has 0 aliphatic carbocycles. The van der Waals surface area contributed by atoms with Crippen molar-refractivity contribution in [3.05, 3.63) is 125 Å². The van der Waals surface area contributed by atoms with E-state index in [0.717, 1.165) is 10.5 Å². The lowest BCUT2D eigenvalue weighted by Gasteiger charge is -2.17. The number of rotatable bonds is 7. The molecule has 0 spiro atoms. The Labute approximate surface area is 210 Å². The summed E-state index contributed by atoms with van der Waals surface area (Å²) in [5.41, 5.74) is 2.08. The quantitative estimate of drug-likeness (QED) is 0.257. The molecule has 0 aliphatic heterocycles. The molecule has 2 amide bonds. The van der Waals surface area contributed by atoms with E-state index in [9.17, 15) is 18.4 Å². The first kappa shape index (κ1) is 24.4. The molecule has 0 aliphatic rings. The highest BCUT2D eigenvalue weighted by Crippen LogP contribution is 2.37. The molecule has 4 aromatic rings. The van der Waals surface area contributed by atoms with Crippen molar-refractivity contribution in [2.75, 3.05) is 10.6 Å². The van der Waals surface area contributed by atoms with Gasteiger partial charge in [0.25, 0.3) is 5.91 Å². The first-order chi connectivity index (χ1) is 16.9. The molecule has 0 fully saturated rings. The number of anilines is 2. The first-order valence-corrected chi connectivity index (χ1v) is 11.8. The molecule has 1 unspecified atom stereocenters. The van der Waals surface area contributed by atoms with Gasteiger partial charge in [-0.2, -0.15) is 0 Å². The second-order valence-electron chi connectivity index (χ2n) is 7.51. The summed E-state index contributed by atoms with van der Waals surface area (Å²) in [6, 6.07) is 25.6. The van der Waals surface area contributed by atoms with Crippen LogP contribution < -0.4 is 10.6 Å². The smallest absolute Gasteiger partial charge is 0.255 e. The predicted molar refractivity (Wildman–Crippen MR) is 136 cm³/mol. The summed E-state index contributed by atoms with van der Waals surface area (Å²) in [5, 5.41) is 4.88. The minimum absolute atomic E-state index is 0.0787. The Balaban J connectivity index is 1.48. The minimum atomic E-state index is -0.598. The zero-order chi connectivity index (χ0) is 24.8. The maximum absolute atomic E-state index is 13.5. The highest BCUT2D eigenvalue weighted by molar-refractivity contribution is 8.00. The lowest BCUT2D eigenvalue weighted by atomic mass is 10.1. The lowest BCUT2D eigenvalue weighted by Crippen LogP contribution is -2.19. The fraction of sp³-hybridized carbons (Fsp3) is 0.0370. The third-order valence-corrected chi connectivity index (χ3v) is 6.56. The lowest BCUT2D eigenvalue weighted by molar-refractivity contribution is -0.115. The van der Waals surface area contributed by atoms with Gasteiger partial charge < -0.3 is 10.6 Å². The van der Waals surface area contributed by atoms with Crippen molar-refractivity contribution in [1.82, 2.24) is 0 Å². The van der Waals surface area contributed by atoms with Gasteiger partial charge in [0.2, 0.25) is 5.91 Å². The van der Waals surface area contributed by atoms with E-state index >= 15 is 0 Å². The van der Waals surface area contributed by atoms with Crippen LogP contribution in [0.4, 0.5) is 20.2 Å². The minimum Gasteiger partial charge on any atom is -0.325 e. The van der Waals surface area contributed by atoms with Gasteiger partial charge in [0, 0.05) is 21.8 Å². The molecular weight excluding hydrogens is 490 g/mol. The average molecular weight is 509 g/mol. The van der Waals surface area contributed by atoms with Crippen LogP contribution in [0.25, 0.3) is 0 Å². The normalized spacial score (nSPS) is 11.5. The van der Waals surface area contributed by atoms with Gasteiger partial charge in [0.05, 0.1) is 5.02 Å². The Hall–Kier alpha value is -3.68. The molecular formula is C27H19ClF2N2O2S. The van der Waals surface area contributed by atoms with Crippen molar-refractivity contribution >= 4 is 46.6 Å². The topological polar surface area (TPSA) is 58.2 Å². The molecule has 8 heteroatoms. The molecule has 0 radical (unpaired) electrons.